The maximum absolute atomic E-state index is 5.35. The minimum absolute atomic E-state index is 0.669. The van der Waals surface area contributed by atoms with Crippen LogP contribution in [0, 0.1) is 0 Å². The Morgan fingerprint density at radius 3 is 3.23 bits per heavy atom. The maximum atomic E-state index is 5.35. The smallest absolute Gasteiger partial charge is 0.197 e. The van der Waals surface area contributed by atoms with Gasteiger partial charge in [0.05, 0.1) is 5.69 Å². The molecule has 1 heterocycles. The fraction of sp³-hybridized carbons (Fsp3) is 0.667. The van der Waals surface area contributed by atoms with Crippen molar-refractivity contribution < 1.29 is 0 Å². The number of hydrogen-bond donors (Lipinski definition) is 2. The van der Waals surface area contributed by atoms with Gasteiger partial charge in [-0.05, 0) is 25.7 Å². The minimum Gasteiger partial charge on any atom is -0.300 e. The van der Waals surface area contributed by atoms with Crippen molar-refractivity contribution >= 4 is 16.5 Å². The summed E-state index contributed by atoms with van der Waals surface area (Å²) >= 11 is 1.71. The minimum atomic E-state index is 0.669. The lowest BCUT2D eigenvalue weighted by Gasteiger charge is -2.18. The third-order valence-corrected chi connectivity index (χ3v) is 3.75. The fourth-order valence-electron chi connectivity index (χ4n) is 1.97. The number of rotatable bonds is 2. The number of thiazole rings is 1. The van der Waals surface area contributed by atoms with Crippen molar-refractivity contribution in [3.05, 3.63) is 10.6 Å². The first-order valence-electron chi connectivity index (χ1n) is 4.81. The second-order valence-corrected chi connectivity index (χ2v) is 4.55. The average molecular weight is 197 g/mol. The number of nitrogens with two attached hydrogens (primary N) is 1. The summed E-state index contributed by atoms with van der Waals surface area (Å²) in [7, 11) is 0. The Balaban J connectivity index is 2.32. The van der Waals surface area contributed by atoms with E-state index in [4.69, 9.17) is 5.84 Å². The third-order valence-electron chi connectivity index (χ3n) is 2.69. The SMILES string of the molecule is CCC1CCCc2sc(NN)nc21. The van der Waals surface area contributed by atoms with Crippen LogP contribution in [0.4, 0.5) is 5.13 Å². The highest BCUT2D eigenvalue weighted by molar-refractivity contribution is 7.15. The van der Waals surface area contributed by atoms with E-state index in [0.717, 1.165) is 5.13 Å². The predicted molar refractivity (Wildman–Crippen MR) is 55.9 cm³/mol. The number of hydrogen-bond acceptors (Lipinski definition) is 4. The lowest BCUT2D eigenvalue weighted by Crippen LogP contribution is -2.08. The van der Waals surface area contributed by atoms with Crippen LogP contribution in [0.15, 0.2) is 0 Å². The standard InChI is InChI=1S/C9H15N3S/c1-2-6-4-3-5-7-8(6)11-9(12-10)13-7/h6H,2-5,10H2,1H3,(H,11,12). The molecule has 0 aromatic carbocycles. The van der Waals surface area contributed by atoms with Crippen molar-refractivity contribution in [2.45, 2.75) is 38.5 Å². The maximum Gasteiger partial charge on any atom is 0.197 e. The van der Waals surface area contributed by atoms with E-state index in [2.05, 4.69) is 17.3 Å². The molecule has 4 heteroatoms. The molecule has 0 saturated heterocycles. The van der Waals surface area contributed by atoms with Crippen LogP contribution in [-0.2, 0) is 6.42 Å². The van der Waals surface area contributed by atoms with Crippen molar-refractivity contribution in [3.63, 3.8) is 0 Å². The van der Waals surface area contributed by atoms with Crippen LogP contribution >= 0.6 is 11.3 Å². The number of nitrogen functional groups attached to an aromatic ring is 1. The number of nitrogens with one attached hydrogen (secondary N) is 1. The van der Waals surface area contributed by atoms with Gasteiger partial charge in [-0.3, -0.25) is 5.43 Å². The molecule has 0 fully saturated rings. The van der Waals surface area contributed by atoms with Gasteiger partial charge >= 0.3 is 0 Å². The van der Waals surface area contributed by atoms with Crippen molar-refractivity contribution in [2.24, 2.45) is 5.84 Å². The van der Waals surface area contributed by atoms with Crippen molar-refractivity contribution in [2.75, 3.05) is 5.43 Å². The molecular formula is C9H15N3S. The van der Waals surface area contributed by atoms with Crippen molar-refractivity contribution in [1.29, 1.82) is 0 Å². The molecule has 1 aromatic heterocycles. The van der Waals surface area contributed by atoms with Crippen LogP contribution in [0.5, 0.6) is 0 Å². The lowest BCUT2D eigenvalue weighted by molar-refractivity contribution is 0.533. The van der Waals surface area contributed by atoms with Gasteiger partial charge in [-0.1, -0.05) is 6.92 Å². The lowest BCUT2D eigenvalue weighted by atomic mass is 9.89. The zero-order valence-electron chi connectivity index (χ0n) is 7.84. The number of hydrazine groups is 1. The largest absolute Gasteiger partial charge is 0.300 e. The van der Waals surface area contributed by atoms with Crippen molar-refractivity contribution in [3.8, 4) is 0 Å². The first kappa shape index (κ1) is 8.97. The molecule has 1 unspecified atom stereocenters. The third kappa shape index (κ3) is 1.56. The van der Waals surface area contributed by atoms with Gasteiger partial charge < -0.3 is 0 Å². The van der Waals surface area contributed by atoms with Gasteiger partial charge in [0.2, 0.25) is 0 Å². The monoisotopic (exact) mass is 197 g/mol. The molecule has 1 atom stereocenters. The van der Waals surface area contributed by atoms with Crippen LogP contribution in [0.25, 0.3) is 0 Å². The van der Waals surface area contributed by atoms with Gasteiger partial charge in [0, 0.05) is 10.8 Å². The summed E-state index contributed by atoms with van der Waals surface area (Å²) in [5.74, 6) is 6.02. The Morgan fingerprint density at radius 2 is 2.54 bits per heavy atom. The van der Waals surface area contributed by atoms with E-state index in [-0.39, 0.29) is 0 Å². The summed E-state index contributed by atoms with van der Waals surface area (Å²) < 4.78 is 0. The molecule has 0 bridgehead atoms. The van der Waals surface area contributed by atoms with Gasteiger partial charge in [-0.25, -0.2) is 10.8 Å². The Morgan fingerprint density at radius 1 is 1.69 bits per heavy atom. The van der Waals surface area contributed by atoms with Gasteiger partial charge in [0.1, 0.15) is 0 Å². The summed E-state index contributed by atoms with van der Waals surface area (Å²) in [6, 6.07) is 0. The molecule has 0 aliphatic heterocycles. The van der Waals surface area contributed by atoms with Gasteiger partial charge in [-0.2, -0.15) is 0 Å². The molecule has 1 aliphatic rings. The second kappa shape index (κ2) is 3.64. The highest BCUT2D eigenvalue weighted by Gasteiger charge is 2.22. The summed E-state index contributed by atoms with van der Waals surface area (Å²) in [5, 5.41) is 0.866. The van der Waals surface area contributed by atoms with Gasteiger partial charge in [0.25, 0.3) is 0 Å². The molecule has 1 aromatic rings. The van der Waals surface area contributed by atoms with Crippen LogP contribution in [0.3, 0.4) is 0 Å². The number of nitrogens with zero attached hydrogens (tertiary/aromatic N) is 1. The first-order chi connectivity index (χ1) is 6.35. The molecule has 1 aliphatic carbocycles. The molecule has 3 nitrogen and oxygen atoms in total. The average Bonchev–Trinajstić information content (AvgIpc) is 2.59. The normalized spacial score (nSPS) is 21.2. The molecular weight excluding hydrogens is 182 g/mol. The predicted octanol–water partition coefficient (Wildman–Crippen LogP) is 2.26. The highest BCUT2D eigenvalue weighted by Crippen LogP contribution is 2.37. The van der Waals surface area contributed by atoms with Crippen LogP contribution in [0.2, 0.25) is 0 Å². The van der Waals surface area contributed by atoms with Crippen LogP contribution in [-0.4, -0.2) is 4.98 Å². The molecule has 13 heavy (non-hydrogen) atoms. The fourth-order valence-corrected chi connectivity index (χ4v) is 2.97. The van der Waals surface area contributed by atoms with Gasteiger partial charge in [-0.15, -0.1) is 11.3 Å². The zero-order chi connectivity index (χ0) is 9.26. The van der Waals surface area contributed by atoms with E-state index in [1.807, 2.05) is 0 Å². The summed E-state index contributed by atoms with van der Waals surface area (Å²) in [4.78, 5) is 5.94. The first-order valence-corrected chi connectivity index (χ1v) is 5.63. The number of aryl methyl sites for hydroxylation is 1. The summed E-state index contributed by atoms with van der Waals surface area (Å²) in [6.45, 7) is 2.23. The molecule has 72 valence electrons. The van der Waals surface area contributed by atoms with E-state index in [1.54, 1.807) is 11.3 Å². The van der Waals surface area contributed by atoms with Crippen LogP contribution < -0.4 is 11.3 Å². The van der Waals surface area contributed by atoms with Crippen LogP contribution in [0.1, 0.15) is 42.7 Å². The molecule has 0 radical (unpaired) electrons. The molecule has 0 amide bonds. The summed E-state index contributed by atoms with van der Waals surface area (Å²) in [6.07, 6.45) is 4.97. The number of anilines is 1. The van der Waals surface area contributed by atoms with E-state index in [9.17, 15) is 0 Å². The van der Waals surface area contributed by atoms with Crippen molar-refractivity contribution in [1.82, 2.24) is 4.98 Å². The summed E-state index contributed by atoms with van der Waals surface area (Å²) in [5.41, 5.74) is 3.93. The van der Waals surface area contributed by atoms with E-state index in [0.29, 0.717) is 5.92 Å². The van der Waals surface area contributed by atoms with E-state index >= 15 is 0 Å². The Hall–Kier alpha value is -0.610. The van der Waals surface area contributed by atoms with Gasteiger partial charge in [0.15, 0.2) is 5.13 Å². The Labute approximate surface area is 82.3 Å². The van der Waals surface area contributed by atoms with E-state index < -0.39 is 0 Å². The number of fused-ring (bicyclic) bond motifs is 1. The number of aromatic nitrogens is 1. The Bertz CT molecular complexity index is 295. The molecule has 0 saturated carbocycles. The zero-order valence-corrected chi connectivity index (χ0v) is 8.66. The quantitative estimate of drug-likeness (QED) is 0.565. The molecule has 3 N–H and O–H groups in total. The Kier molecular flexibility index (Phi) is 2.51. The second-order valence-electron chi connectivity index (χ2n) is 3.47. The molecule has 0 spiro atoms. The van der Waals surface area contributed by atoms with E-state index in [1.165, 1.54) is 36.3 Å². The highest BCUT2D eigenvalue weighted by atomic mass is 32.1. The topological polar surface area (TPSA) is 50.9 Å². The molecule has 2 rings (SSSR count).